The molecule has 1 heterocycles. The Morgan fingerprint density at radius 3 is 2.86 bits per heavy atom. The van der Waals surface area contributed by atoms with Gasteiger partial charge in [-0.3, -0.25) is 4.98 Å². The smallest absolute Gasteiger partial charge is 0.138 e. The molecule has 0 unspecified atom stereocenters. The zero-order chi connectivity index (χ0) is 15.1. The van der Waals surface area contributed by atoms with Crippen molar-refractivity contribution < 1.29 is 9.13 Å². The van der Waals surface area contributed by atoms with Crippen molar-refractivity contribution in [1.82, 2.24) is 10.3 Å². The van der Waals surface area contributed by atoms with Crippen LogP contribution in [0.3, 0.4) is 0 Å². The fourth-order valence-corrected chi connectivity index (χ4v) is 2.19. The van der Waals surface area contributed by atoms with Crippen molar-refractivity contribution >= 4 is 15.9 Å². The van der Waals surface area contributed by atoms with E-state index in [1.54, 1.807) is 12.3 Å². The maximum atomic E-state index is 13.4. The predicted molar refractivity (Wildman–Crippen MR) is 84.7 cm³/mol. The summed E-state index contributed by atoms with van der Waals surface area (Å²) in [5.41, 5.74) is 1.74. The Morgan fingerprint density at radius 2 is 2.14 bits per heavy atom. The third-order valence-electron chi connectivity index (χ3n) is 2.96. The average molecular weight is 353 g/mol. The SMILES string of the molecule is CCCNCc1ccc(OCc2cccc(F)c2Br)cn1. The Balaban J connectivity index is 1.90. The standard InChI is InChI=1S/C16H18BrFN2O/c1-2-8-19-9-13-6-7-14(10-20-13)21-11-12-4-3-5-15(18)16(12)17/h3-7,10,19H,2,8-9,11H2,1H3. The lowest BCUT2D eigenvalue weighted by Crippen LogP contribution is -2.14. The molecule has 0 amide bonds. The van der Waals surface area contributed by atoms with Crippen LogP contribution in [0.15, 0.2) is 41.0 Å². The number of rotatable bonds is 7. The van der Waals surface area contributed by atoms with E-state index in [2.05, 4.69) is 33.2 Å². The third-order valence-corrected chi connectivity index (χ3v) is 3.84. The summed E-state index contributed by atoms with van der Waals surface area (Å²) >= 11 is 3.22. The molecule has 21 heavy (non-hydrogen) atoms. The molecule has 5 heteroatoms. The van der Waals surface area contributed by atoms with Gasteiger partial charge in [-0.15, -0.1) is 0 Å². The molecule has 0 radical (unpaired) electrons. The second-order valence-corrected chi connectivity index (χ2v) is 5.46. The van der Waals surface area contributed by atoms with Crippen molar-refractivity contribution in [3.05, 3.63) is 58.1 Å². The van der Waals surface area contributed by atoms with Crippen LogP contribution in [-0.4, -0.2) is 11.5 Å². The van der Waals surface area contributed by atoms with Crippen LogP contribution in [-0.2, 0) is 13.2 Å². The zero-order valence-corrected chi connectivity index (χ0v) is 13.5. The number of nitrogens with one attached hydrogen (secondary N) is 1. The molecule has 0 aliphatic rings. The second-order valence-electron chi connectivity index (χ2n) is 4.66. The molecule has 0 atom stereocenters. The minimum atomic E-state index is -0.286. The van der Waals surface area contributed by atoms with E-state index < -0.39 is 0 Å². The van der Waals surface area contributed by atoms with Crippen LogP contribution in [0.5, 0.6) is 5.75 Å². The molecule has 0 aliphatic carbocycles. The Bertz CT molecular complexity index is 575. The second kappa shape index (κ2) is 8.10. The first-order valence-electron chi connectivity index (χ1n) is 6.92. The maximum absolute atomic E-state index is 13.4. The molecule has 1 aromatic carbocycles. The van der Waals surface area contributed by atoms with Crippen molar-refractivity contribution in [2.45, 2.75) is 26.5 Å². The van der Waals surface area contributed by atoms with Gasteiger partial charge in [0.2, 0.25) is 0 Å². The van der Waals surface area contributed by atoms with Crippen molar-refractivity contribution in [1.29, 1.82) is 0 Å². The molecule has 2 aromatic rings. The van der Waals surface area contributed by atoms with Gasteiger partial charge in [-0.05, 0) is 47.1 Å². The lowest BCUT2D eigenvalue weighted by Gasteiger charge is -2.09. The van der Waals surface area contributed by atoms with Crippen molar-refractivity contribution in [3.63, 3.8) is 0 Å². The molecule has 0 saturated carbocycles. The lowest BCUT2D eigenvalue weighted by atomic mass is 10.2. The summed E-state index contributed by atoms with van der Waals surface area (Å²) < 4.78 is 19.5. The van der Waals surface area contributed by atoms with Crippen LogP contribution in [0.1, 0.15) is 24.6 Å². The number of ether oxygens (including phenoxy) is 1. The number of hydrogen-bond acceptors (Lipinski definition) is 3. The molecule has 1 N–H and O–H groups in total. The third kappa shape index (κ3) is 4.79. The van der Waals surface area contributed by atoms with E-state index in [1.165, 1.54) is 6.07 Å². The van der Waals surface area contributed by atoms with Gasteiger partial charge in [-0.25, -0.2) is 4.39 Å². The van der Waals surface area contributed by atoms with Gasteiger partial charge in [0.15, 0.2) is 0 Å². The highest BCUT2D eigenvalue weighted by Crippen LogP contribution is 2.22. The first-order valence-corrected chi connectivity index (χ1v) is 7.71. The fraction of sp³-hybridized carbons (Fsp3) is 0.312. The summed E-state index contributed by atoms with van der Waals surface area (Å²) in [5, 5.41) is 3.29. The molecule has 1 aromatic heterocycles. The van der Waals surface area contributed by atoms with Gasteiger partial charge in [-0.1, -0.05) is 19.1 Å². The first-order chi connectivity index (χ1) is 10.2. The minimum Gasteiger partial charge on any atom is -0.487 e. The quantitative estimate of drug-likeness (QED) is 0.763. The molecule has 2 rings (SSSR count). The highest BCUT2D eigenvalue weighted by molar-refractivity contribution is 9.10. The lowest BCUT2D eigenvalue weighted by molar-refractivity contribution is 0.303. The van der Waals surface area contributed by atoms with Gasteiger partial charge in [0.05, 0.1) is 16.4 Å². The summed E-state index contributed by atoms with van der Waals surface area (Å²) in [6.45, 7) is 4.16. The van der Waals surface area contributed by atoms with Crippen LogP contribution in [0, 0.1) is 5.82 Å². The van der Waals surface area contributed by atoms with E-state index in [0.29, 0.717) is 16.8 Å². The van der Waals surface area contributed by atoms with Crippen LogP contribution < -0.4 is 10.1 Å². The molecule has 0 aliphatic heterocycles. The van der Waals surface area contributed by atoms with Gasteiger partial charge in [-0.2, -0.15) is 0 Å². The van der Waals surface area contributed by atoms with Crippen molar-refractivity contribution in [2.75, 3.05) is 6.54 Å². The van der Waals surface area contributed by atoms with Gasteiger partial charge in [0.25, 0.3) is 0 Å². The van der Waals surface area contributed by atoms with Crippen LogP contribution >= 0.6 is 15.9 Å². The highest BCUT2D eigenvalue weighted by Gasteiger charge is 2.06. The Morgan fingerprint density at radius 1 is 1.29 bits per heavy atom. The van der Waals surface area contributed by atoms with Crippen molar-refractivity contribution in [2.24, 2.45) is 0 Å². The molecule has 0 bridgehead atoms. The number of nitrogens with zero attached hydrogens (tertiary/aromatic N) is 1. The normalized spacial score (nSPS) is 10.6. The van der Waals surface area contributed by atoms with Crippen LogP contribution in [0.2, 0.25) is 0 Å². The van der Waals surface area contributed by atoms with E-state index in [1.807, 2.05) is 18.2 Å². The Kier molecular flexibility index (Phi) is 6.14. The number of aromatic nitrogens is 1. The van der Waals surface area contributed by atoms with E-state index in [4.69, 9.17) is 4.74 Å². The van der Waals surface area contributed by atoms with E-state index in [0.717, 1.165) is 30.8 Å². The first kappa shape index (κ1) is 15.9. The molecule has 0 spiro atoms. The van der Waals surface area contributed by atoms with E-state index in [9.17, 15) is 4.39 Å². The number of benzene rings is 1. The maximum Gasteiger partial charge on any atom is 0.138 e. The predicted octanol–water partition coefficient (Wildman–Crippen LogP) is 4.06. The van der Waals surface area contributed by atoms with Gasteiger partial charge < -0.3 is 10.1 Å². The minimum absolute atomic E-state index is 0.286. The summed E-state index contributed by atoms with van der Waals surface area (Å²) in [7, 11) is 0. The number of pyridine rings is 1. The highest BCUT2D eigenvalue weighted by atomic mass is 79.9. The fourth-order valence-electron chi connectivity index (χ4n) is 1.82. The van der Waals surface area contributed by atoms with Crippen molar-refractivity contribution in [3.8, 4) is 5.75 Å². The van der Waals surface area contributed by atoms with Crippen LogP contribution in [0.4, 0.5) is 4.39 Å². The molecule has 3 nitrogen and oxygen atoms in total. The molecule has 0 saturated heterocycles. The molecular formula is C16H18BrFN2O. The molecule has 0 fully saturated rings. The monoisotopic (exact) mass is 352 g/mol. The largest absolute Gasteiger partial charge is 0.487 e. The van der Waals surface area contributed by atoms with Crippen LogP contribution in [0.25, 0.3) is 0 Å². The summed E-state index contributed by atoms with van der Waals surface area (Å²) in [5.74, 6) is 0.386. The summed E-state index contributed by atoms with van der Waals surface area (Å²) in [6, 6.07) is 8.71. The Hall–Kier alpha value is -1.46. The van der Waals surface area contributed by atoms with Gasteiger partial charge >= 0.3 is 0 Å². The Labute approximate surface area is 132 Å². The number of hydrogen-bond donors (Lipinski definition) is 1. The summed E-state index contributed by atoms with van der Waals surface area (Å²) in [4.78, 5) is 4.33. The number of halogens is 2. The molecular weight excluding hydrogens is 335 g/mol. The average Bonchev–Trinajstić information content (AvgIpc) is 2.50. The van der Waals surface area contributed by atoms with E-state index in [-0.39, 0.29) is 5.82 Å². The van der Waals surface area contributed by atoms with E-state index >= 15 is 0 Å². The van der Waals surface area contributed by atoms with Gasteiger partial charge in [0, 0.05) is 12.1 Å². The zero-order valence-electron chi connectivity index (χ0n) is 11.9. The van der Waals surface area contributed by atoms with Gasteiger partial charge in [0.1, 0.15) is 18.2 Å². The summed E-state index contributed by atoms with van der Waals surface area (Å²) in [6.07, 6.45) is 2.79. The molecule has 112 valence electrons. The topological polar surface area (TPSA) is 34.1 Å².